The minimum absolute atomic E-state index is 0.0436. The van der Waals surface area contributed by atoms with Crippen molar-refractivity contribution in [1.29, 1.82) is 0 Å². The highest BCUT2D eigenvalue weighted by Crippen LogP contribution is 2.36. The van der Waals surface area contributed by atoms with Gasteiger partial charge >= 0.3 is 5.97 Å². The molecule has 0 aliphatic carbocycles. The first-order valence-corrected chi connectivity index (χ1v) is 12.6. The SMILES string of the molecule is CC(C)C(C)(C(=O)OCCCCCCSc1nc(-c2ccccc2)cc(=O)n1C)C(C)C. The van der Waals surface area contributed by atoms with Crippen molar-refractivity contribution in [3.63, 3.8) is 0 Å². The molecule has 0 saturated carbocycles. The Labute approximate surface area is 197 Å². The molecule has 32 heavy (non-hydrogen) atoms. The first-order valence-electron chi connectivity index (χ1n) is 11.6. The molecule has 1 aromatic carbocycles. The summed E-state index contributed by atoms with van der Waals surface area (Å²) < 4.78 is 7.21. The molecule has 0 atom stereocenters. The van der Waals surface area contributed by atoms with E-state index in [1.807, 2.05) is 37.3 Å². The van der Waals surface area contributed by atoms with Crippen LogP contribution in [-0.2, 0) is 16.6 Å². The fraction of sp³-hybridized carbons (Fsp3) is 0.577. The van der Waals surface area contributed by atoms with E-state index in [-0.39, 0.29) is 23.4 Å². The summed E-state index contributed by atoms with van der Waals surface area (Å²) in [6.07, 6.45) is 3.98. The van der Waals surface area contributed by atoms with Crippen molar-refractivity contribution in [3.05, 3.63) is 46.8 Å². The van der Waals surface area contributed by atoms with Crippen LogP contribution in [0.2, 0.25) is 0 Å². The average molecular weight is 459 g/mol. The van der Waals surface area contributed by atoms with Gasteiger partial charge in [-0.05, 0) is 31.6 Å². The lowest BCUT2D eigenvalue weighted by Gasteiger charge is -2.35. The molecular formula is C26H38N2O3S. The summed E-state index contributed by atoms with van der Waals surface area (Å²) in [6.45, 7) is 10.8. The summed E-state index contributed by atoms with van der Waals surface area (Å²) in [5.74, 6) is 1.31. The number of rotatable bonds is 12. The highest BCUT2D eigenvalue weighted by atomic mass is 32.2. The van der Waals surface area contributed by atoms with E-state index in [4.69, 9.17) is 4.74 Å². The summed E-state index contributed by atoms with van der Waals surface area (Å²) in [6, 6.07) is 11.4. The molecule has 176 valence electrons. The number of nitrogens with zero attached hydrogens (tertiary/aromatic N) is 2. The second-order valence-electron chi connectivity index (χ2n) is 9.18. The Morgan fingerprint density at radius 3 is 2.31 bits per heavy atom. The maximum absolute atomic E-state index is 12.6. The zero-order chi connectivity index (χ0) is 23.7. The summed E-state index contributed by atoms with van der Waals surface area (Å²) in [5.41, 5.74) is 1.19. The number of aromatic nitrogens is 2. The Hall–Kier alpha value is -2.08. The van der Waals surface area contributed by atoms with Crippen LogP contribution in [0.1, 0.15) is 60.3 Å². The summed E-state index contributed by atoms with van der Waals surface area (Å²) in [7, 11) is 1.77. The standard InChI is InChI=1S/C26H38N2O3S/c1-19(2)26(5,20(3)4)24(30)31-16-12-7-8-13-17-32-25-27-22(18-23(29)28(25)6)21-14-10-9-11-15-21/h9-11,14-15,18-20H,7-8,12-13,16-17H2,1-6H3. The molecule has 6 heteroatoms. The monoisotopic (exact) mass is 458 g/mol. The highest BCUT2D eigenvalue weighted by molar-refractivity contribution is 7.99. The number of hydrogen-bond donors (Lipinski definition) is 0. The number of unbranched alkanes of at least 4 members (excludes halogenated alkanes) is 3. The molecule has 1 aromatic heterocycles. The van der Waals surface area contributed by atoms with E-state index in [9.17, 15) is 9.59 Å². The number of esters is 1. The van der Waals surface area contributed by atoms with Crippen LogP contribution in [0.25, 0.3) is 11.3 Å². The van der Waals surface area contributed by atoms with Crippen molar-refractivity contribution in [2.45, 2.75) is 65.5 Å². The lowest BCUT2D eigenvalue weighted by atomic mass is 9.70. The number of carbonyl (C=O) groups excluding carboxylic acids is 1. The molecular weight excluding hydrogens is 420 g/mol. The van der Waals surface area contributed by atoms with Crippen LogP contribution in [0, 0.1) is 17.3 Å². The van der Waals surface area contributed by atoms with Crippen LogP contribution in [0.4, 0.5) is 0 Å². The van der Waals surface area contributed by atoms with Gasteiger partial charge in [-0.15, -0.1) is 0 Å². The predicted molar refractivity (Wildman–Crippen MR) is 133 cm³/mol. The van der Waals surface area contributed by atoms with Crippen LogP contribution < -0.4 is 5.56 Å². The third-order valence-corrected chi connectivity index (χ3v) is 7.62. The fourth-order valence-electron chi connectivity index (χ4n) is 3.58. The van der Waals surface area contributed by atoms with Crippen molar-refractivity contribution < 1.29 is 9.53 Å². The summed E-state index contributed by atoms with van der Waals surface area (Å²) >= 11 is 1.61. The van der Waals surface area contributed by atoms with E-state index in [1.54, 1.807) is 29.4 Å². The van der Waals surface area contributed by atoms with Crippen LogP contribution >= 0.6 is 11.8 Å². The van der Waals surface area contributed by atoms with Gasteiger partial charge in [-0.2, -0.15) is 0 Å². The fourth-order valence-corrected chi connectivity index (χ4v) is 4.56. The van der Waals surface area contributed by atoms with E-state index in [0.717, 1.165) is 42.2 Å². The second kappa shape index (κ2) is 12.2. The first-order chi connectivity index (χ1) is 15.2. The van der Waals surface area contributed by atoms with Gasteiger partial charge in [0, 0.05) is 24.4 Å². The molecule has 1 heterocycles. The lowest BCUT2D eigenvalue weighted by molar-refractivity contribution is -0.161. The van der Waals surface area contributed by atoms with E-state index >= 15 is 0 Å². The van der Waals surface area contributed by atoms with Crippen LogP contribution in [0.15, 0.2) is 46.3 Å². The van der Waals surface area contributed by atoms with Crippen molar-refractivity contribution >= 4 is 17.7 Å². The molecule has 0 spiro atoms. The third kappa shape index (κ3) is 6.71. The molecule has 0 aliphatic rings. The Morgan fingerprint density at radius 2 is 1.69 bits per heavy atom. The molecule has 0 fully saturated rings. The van der Waals surface area contributed by atoms with Crippen molar-refractivity contribution in [3.8, 4) is 11.3 Å². The van der Waals surface area contributed by atoms with Gasteiger partial charge in [-0.1, -0.05) is 82.6 Å². The molecule has 5 nitrogen and oxygen atoms in total. The molecule has 0 radical (unpaired) electrons. The van der Waals surface area contributed by atoms with Gasteiger partial charge in [0.15, 0.2) is 5.16 Å². The quantitative estimate of drug-likeness (QED) is 0.170. The van der Waals surface area contributed by atoms with Crippen LogP contribution in [0.3, 0.4) is 0 Å². The highest BCUT2D eigenvalue weighted by Gasteiger charge is 2.41. The van der Waals surface area contributed by atoms with Gasteiger partial charge in [0.25, 0.3) is 5.56 Å². The minimum Gasteiger partial charge on any atom is -0.465 e. The Kier molecular flexibility index (Phi) is 10.0. The molecule has 2 aromatic rings. The number of thioether (sulfide) groups is 1. The molecule has 0 amide bonds. The maximum Gasteiger partial charge on any atom is 0.312 e. The third-order valence-electron chi connectivity index (χ3n) is 6.50. The number of ether oxygens (including phenoxy) is 1. The second-order valence-corrected chi connectivity index (χ2v) is 10.2. The number of carbonyl (C=O) groups is 1. The van der Waals surface area contributed by atoms with E-state index in [1.165, 1.54) is 0 Å². The largest absolute Gasteiger partial charge is 0.465 e. The van der Waals surface area contributed by atoms with E-state index in [2.05, 4.69) is 32.7 Å². The van der Waals surface area contributed by atoms with Gasteiger partial charge < -0.3 is 4.74 Å². The summed E-state index contributed by atoms with van der Waals surface area (Å²) in [5, 5.41) is 0.743. The topological polar surface area (TPSA) is 61.2 Å². The van der Waals surface area contributed by atoms with Crippen molar-refractivity contribution in [2.75, 3.05) is 12.4 Å². The Bertz CT molecular complexity index is 914. The van der Waals surface area contributed by atoms with Crippen molar-refractivity contribution in [1.82, 2.24) is 9.55 Å². The molecule has 0 bridgehead atoms. The average Bonchev–Trinajstić information content (AvgIpc) is 2.77. The number of benzene rings is 1. The van der Waals surface area contributed by atoms with E-state index < -0.39 is 5.41 Å². The smallest absolute Gasteiger partial charge is 0.312 e. The zero-order valence-electron chi connectivity index (χ0n) is 20.4. The Balaban J connectivity index is 1.74. The molecule has 0 N–H and O–H groups in total. The van der Waals surface area contributed by atoms with E-state index in [0.29, 0.717) is 12.3 Å². The van der Waals surface area contributed by atoms with Gasteiger partial charge in [0.1, 0.15) is 0 Å². The maximum atomic E-state index is 12.6. The zero-order valence-corrected chi connectivity index (χ0v) is 21.2. The molecule has 0 aliphatic heterocycles. The van der Waals surface area contributed by atoms with Gasteiger partial charge in [-0.3, -0.25) is 14.2 Å². The van der Waals surface area contributed by atoms with Crippen LogP contribution in [-0.4, -0.2) is 27.9 Å². The lowest BCUT2D eigenvalue weighted by Crippen LogP contribution is -2.39. The van der Waals surface area contributed by atoms with Crippen LogP contribution in [0.5, 0.6) is 0 Å². The molecule has 0 unspecified atom stereocenters. The predicted octanol–water partition coefficient (Wildman–Crippen LogP) is 5.96. The Morgan fingerprint density at radius 1 is 1.06 bits per heavy atom. The van der Waals surface area contributed by atoms with Gasteiger partial charge in [-0.25, -0.2) is 4.98 Å². The minimum atomic E-state index is -0.437. The van der Waals surface area contributed by atoms with Crippen molar-refractivity contribution in [2.24, 2.45) is 24.3 Å². The van der Waals surface area contributed by atoms with Gasteiger partial charge in [0.05, 0.1) is 17.7 Å². The molecule has 0 saturated heterocycles. The number of hydrogen-bond acceptors (Lipinski definition) is 5. The summed E-state index contributed by atoms with van der Waals surface area (Å²) in [4.78, 5) is 29.6. The normalized spacial score (nSPS) is 11.9. The first kappa shape index (κ1) is 26.2. The molecule has 2 rings (SSSR count). The van der Waals surface area contributed by atoms with Gasteiger partial charge in [0.2, 0.25) is 0 Å².